The monoisotopic (exact) mass is 193 g/mol. The Hall–Kier alpha value is -1.22. The molecule has 1 aromatic carbocycles. The molecule has 3 nitrogen and oxygen atoms in total. The van der Waals surface area contributed by atoms with Gasteiger partial charge in [-0.2, -0.15) is 0 Å². The number of rotatable bonds is 1. The number of fused-ring (bicyclic) bond motifs is 1. The van der Waals surface area contributed by atoms with E-state index < -0.39 is 0 Å². The summed E-state index contributed by atoms with van der Waals surface area (Å²) in [5, 5.41) is 0. The van der Waals surface area contributed by atoms with Crippen LogP contribution in [-0.2, 0) is 0 Å². The maximum Gasteiger partial charge on any atom is 0.124 e. The quantitative estimate of drug-likeness (QED) is 0.738. The van der Waals surface area contributed by atoms with E-state index in [0.717, 1.165) is 17.1 Å². The predicted octanol–water partition coefficient (Wildman–Crippen LogP) is 1.72. The Morgan fingerprint density at radius 1 is 1.50 bits per heavy atom. The fraction of sp³-hybridized carbons (Fsp3) is 0.455. The molecule has 0 spiro atoms. The van der Waals surface area contributed by atoms with Crippen LogP contribution < -0.4 is 15.2 Å². The highest BCUT2D eigenvalue weighted by Crippen LogP contribution is 2.35. The summed E-state index contributed by atoms with van der Waals surface area (Å²) in [6, 6.07) is 5.81. The van der Waals surface area contributed by atoms with Gasteiger partial charge in [-0.15, -0.1) is 0 Å². The standard InChI is InChI=1S/C11H15NO2/c1-7-6-14-10-4-3-8(13-2)5-9(10)11(7)12/h3-5,7,11H,6,12H2,1-2H3. The highest BCUT2D eigenvalue weighted by Gasteiger charge is 2.24. The minimum Gasteiger partial charge on any atom is -0.497 e. The average molecular weight is 193 g/mol. The highest BCUT2D eigenvalue weighted by atomic mass is 16.5. The Morgan fingerprint density at radius 2 is 2.29 bits per heavy atom. The smallest absolute Gasteiger partial charge is 0.124 e. The molecule has 3 heteroatoms. The third-order valence-corrected chi connectivity index (χ3v) is 2.69. The van der Waals surface area contributed by atoms with Crippen LogP contribution in [0.15, 0.2) is 18.2 Å². The first kappa shape index (κ1) is 9.34. The molecule has 0 amide bonds. The van der Waals surface area contributed by atoms with Crippen molar-refractivity contribution in [3.05, 3.63) is 23.8 Å². The van der Waals surface area contributed by atoms with Crippen molar-refractivity contribution in [2.75, 3.05) is 13.7 Å². The number of nitrogens with two attached hydrogens (primary N) is 1. The van der Waals surface area contributed by atoms with Gasteiger partial charge in [-0.25, -0.2) is 0 Å². The lowest BCUT2D eigenvalue weighted by molar-refractivity contribution is 0.206. The summed E-state index contributed by atoms with van der Waals surface area (Å²) >= 11 is 0. The van der Waals surface area contributed by atoms with Gasteiger partial charge in [-0.05, 0) is 18.2 Å². The van der Waals surface area contributed by atoms with Crippen LogP contribution in [0.1, 0.15) is 18.5 Å². The highest BCUT2D eigenvalue weighted by molar-refractivity contribution is 5.43. The Bertz CT molecular complexity index is 338. The molecule has 1 aliphatic rings. The van der Waals surface area contributed by atoms with Crippen molar-refractivity contribution in [1.29, 1.82) is 0 Å². The van der Waals surface area contributed by atoms with Gasteiger partial charge < -0.3 is 15.2 Å². The van der Waals surface area contributed by atoms with E-state index in [1.165, 1.54) is 0 Å². The lowest BCUT2D eigenvalue weighted by Crippen LogP contribution is -2.29. The van der Waals surface area contributed by atoms with Gasteiger partial charge in [0.05, 0.1) is 13.7 Å². The first-order valence-electron chi connectivity index (χ1n) is 4.78. The molecule has 0 radical (unpaired) electrons. The summed E-state index contributed by atoms with van der Waals surface area (Å²) < 4.78 is 10.7. The van der Waals surface area contributed by atoms with Gasteiger partial charge in [0, 0.05) is 17.5 Å². The molecule has 0 aliphatic carbocycles. The van der Waals surface area contributed by atoms with Gasteiger partial charge >= 0.3 is 0 Å². The van der Waals surface area contributed by atoms with Gasteiger partial charge in [-0.3, -0.25) is 0 Å². The zero-order chi connectivity index (χ0) is 10.1. The fourth-order valence-corrected chi connectivity index (χ4v) is 1.68. The maximum atomic E-state index is 6.08. The molecule has 0 saturated heterocycles. The zero-order valence-corrected chi connectivity index (χ0v) is 8.49. The first-order valence-corrected chi connectivity index (χ1v) is 4.78. The van der Waals surface area contributed by atoms with Crippen molar-refractivity contribution < 1.29 is 9.47 Å². The number of ether oxygens (including phenoxy) is 2. The molecule has 76 valence electrons. The van der Waals surface area contributed by atoms with Crippen LogP contribution in [0.25, 0.3) is 0 Å². The molecule has 14 heavy (non-hydrogen) atoms. The average Bonchev–Trinajstić information content (AvgIpc) is 2.23. The summed E-state index contributed by atoms with van der Waals surface area (Å²) in [6.45, 7) is 2.79. The van der Waals surface area contributed by atoms with Crippen molar-refractivity contribution >= 4 is 0 Å². The largest absolute Gasteiger partial charge is 0.497 e. The van der Waals surface area contributed by atoms with Crippen molar-refractivity contribution in [1.82, 2.24) is 0 Å². The molecule has 0 bridgehead atoms. The van der Waals surface area contributed by atoms with Crippen LogP contribution in [0.4, 0.5) is 0 Å². The van der Waals surface area contributed by atoms with Crippen molar-refractivity contribution in [2.24, 2.45) is 11.7 Å². The second kappa shape index (κ2) is 3.50. The fourth-order valence-electron chi connectivity index (χ4n) is 1.68. The zero-order valence-electron chi connectivity index (χ0n) is 8.49. The summed E-state index contributed by atoms with van der Waals surface area (Å²) in [6.07, 6.45) is 0. The third kappa shape index (κ3) is 1.44. The summed E-state index contributed by atoms with van der Waals surface area (Å²) in [5.74, 6) is 2.07. The van der Waals surface area contributed by atoms with E-state index >= 15 is 0 Å². The van der Waals surface area contributed by atoms with Crippen molar-refractivity contribution in [3.63, 3.8) is 0 Å². The van der Waals surface area contributed by atoms with Crippen molar-refractivity contribution in [2.45, 2.75) is 13.0 Å². The number of benzene rings is 1. The topological polar surface area (TPSA) is 44.5 Å². The van der Waals surface area contributed by atoms with E-state index in [0.29, 0.717) is 12.5 Å². The third-order valence-electron chi connectivity index (χ3n) is 2.69. The van der Waals surface area contributed by atoms with Gasteiger partial charge in [-0.1, -0.05) is 6.92 Å². The van der Waals surface area contributed by atoms with Crippen LogP contribution in [0.5, 0.6) is 11.5 Å². The van der Waals surface area contributed by atoms with Crippen LogP contribution in [0.3, 0.4) is 0 Å². The molecule has 0 fully saturated rings. The summed E-state index contributed by atoms with van der Waals surface area (Å²) in [4.78, 5) is 0. The molecule has 2 N–H and O–H groups in total. The molecule has 2 unspecified atom stereocenters. The second-order valence-corrected chi connectivity index (χ2v) is 3.72. The minimum atomic E-state index is 0.0499. The predicted molar refractivity (Wildman–Crippen MR) is 54.6 cm³/mol. The Kier molecular flexibility index (Phi) is 2.33. The summed E-state index contributed by atoms with van der Waals surface area (Å²) in [5.41, 5.74) is 7.12. The second-order valence-electron chi connectivity index (χ2n) is 3.72. The first-order chi connectivity index (χ1) is 6.72. The Balaban J connectivity index is 2.41. The number of methoxy groups -OCH3 is 1. The van der Waals surface area contributed by atoms with Gasteiger partial charge in [0.2, 0.25) is 0 Å². The van der Waals surface area contributed by atoms with E-state index in [4.69, 9.17) is 15.2 Å². The van der Waals surface area contributed by atoms with Crippen LogP contribution in [-0.4, -0.2) is 13.7 Å². The van der Waals surface area contributed by atoms with Crippen LogP contribution in [0.2, 0.25) is 0 Å². The van der Waals surface area contributed by atoms with Gasteiger partial charge in [0.15, 0.2) is 0 Å². The van der Waals surface area contributed by atoms with E-state index in [1.54, 1.807) is 7.11 Å². The van der Waals surface area contributed by atoms with Crippen LogP contribution in [0, 0.1) is 5.92 Å². The molecule has 1 heterocycles. The molecule has 0 aromatic heterocycles. The molecule has 2 rings (SSSR count). The molecular weight excluding hydrogens is 178 g/mol. The molecule has 1 aromatic rings. The van der Waals surface area contributed by atoms with Gasteiger partial charge in [0.1, 0.15) is 11.5 Å². The number of hydrogen-bond donors (Lipinski definition) is 1. The summed E-state index contributed by atoms with van der Waals surface area (Å²) in [7, 11) is 1.65. The van der Waals surface area contributed by atoms with Gasteiger partial charge in [0.25, 0.3) is 0 Å². The van der Waals surface area contributed by atoms with Crippen molar-refractivity contribution in [3.8, 4) is 11.5 Å². The molecule has 0 saturated carbocycles. The lowest BCUT2D eigenvalue weighted by Gasteiger charge is -2.28. The van der Waals surface area contributed by atoms with E-state index in [2.05, 4.69) is 6.92 Å². The molecule has 2 atom stereocenters. The lowest BCUT2D eigenvalue weighted by atomic mass is 9.93. The van der Waals surface area contributed by atoms with E-state index in [1.807, 2.05) is 18.2 Å². The normalized spacial score (nSPS) is 25.1. The SMILES string of the molecule is COc1ccc2c(c1)C(N)C(C)CO2. The van der Waals surface area contributed by atoms with Crippen LogP contribution >= 0.6 is 0 Å². The Labute approximate surface area is 83.8 Å². The molecular formula is C11H15NO2. The van der Waals surface area contributed by atoms with E-state index in [9.17, 15) is 0 Å². The minimum absolute atomic E-state index is 0.0499. The Morgan fingerprint density at radius 3 is 3.00 bits per heavy atom. The van der Waals surface area contributed by atoms with E-state index in [-0.39, 0.29) is 6.04 Å². The maximum absolute atomic E-state index is 6.08. The number of hydrogen-bond acceptors (Lipinski definition) is 3. The molecule has 1 aliphatic heterocycles.